The third-order valence-corrected chi connectivity index (χ3v) is 5.10. The van der Waals surface area contributed by atoms with Crippen molar-refractivity contribution in [2.24, 2.45) is 5.92 Å². The van der Waals surface area contributed by atoms with Crippen molar-refractivity contribution < 1.29 is 23.2 Å². The molecule has 1 fully saturated rings. The van der Waals surface area contributed by atoms with Crippen LogP contribution in [0.3, 0.4) is 0 Å². The van der Waals surface area contributed by atoms with Gasteiger partial charge < -0.3 is 10.2 Å². The lowest BCUT2D eigenvalue weighted by molar-refractivity contribution is -0.139. The van der Waals surface area contributed by atoms with Gasteiger partial charge >= 0.3 is 0 Å². The van der Waals surface area contributed by atoms with Crippen LogP contribution < -0.4 is 10.2 Å². The maximum Gasteiger partial charge on any atom is 0.295 e. The normalized spacial score (nSPS) is 21.5. The van der Waals surface area contributed by atoms with Crippen LogP contribution >= 0.6 is 0 Å². The van der Waals surface area contributed by atoms with Gasteiger partial charge in [-0.1, -0.05) is 24.3 Å². The second-order valence-electron chi connectivity index (χ2n) is 6.73. The van der Waals surface area contributed by atoms with Crippen LogP contribution in [-0.2, 0) is 20.8 Å². The minimum absolute atomic E-state index is 0.212. The number of ketones is 1. The molecule has 0 aromatic heterocycles. The van der Waals surface area contributed by atoms with Gasteiger partial charge in [-0.2, -0.15) is 0 Å². The number of amides is 2. The van der Waals surface area contributed by atoms with Gasteiger partial charge in [-0.25, -0.2) is 8.78 Å². The zero-order valence-electron chi connectivity index (χ0n) is 14.2. The smallest absolute Gasteiger partial charge is 0.295 e. The standard InChI is InChI=1S/C20H16F2N2O3/c21-12-6-8-17(15(22)9-12)24-10-14(18(25)20(24)27)19(26)23-16-7-5-11-3-1-2-4-13(11)16/h1-4,6,8-9,14,16H,5,7,10H2,(H,23,26)/t14?,16-/m1/s1. The van der Waals surface area contributed by atoms with E-state index in [1.807, 2.05) is 24.3 Å². The molecule has 7 heteroatoms. The first kappa shape index (κ1) is 17.3. The number of hydrogen-bond acceptors (Lipinski definition) is 3. The Balaban J connectivity index is 1.52. The summed E-state index contributed by atoms with van der Waals surface area (Å²) in [7, 11) is 0. The largest absolute Gasteiger partial charge is 0.349 e. The van der Waals surface area contributed by atoms with E-state index in [2.05, 4.69) is 5.32 Å². The summed E-state index contributed by atoms with van der Waals surface area (Å²) in [4.78, 5) is 38.0. The third kappa shape index (κ3) is 2.99. The van der Waals surface area contributed by atoms with Crippen molar-refractivity contribution in [1.29, 1.82) is 0 Å². The lowest BCUT2D eigenvalue weighted by atomic mass is 10.0. The summed E-state index contributed by atoms with van der Waals surface area (Å²) < 4.78 is 27.1. The second-order valence-corrected chi connectivity index (χ2v) is 6.73. The molecule has 2 aromatic rings. The summed E-state index contributed by atoms with van der Waals surface area (Å²) >= 11 is 0. The van der Waals surface area contributed by atoms with Crippen LogP contribution in [0.15, 0.2) is 42.5 Å². The number of anilines is 1. The van der Waals surface area contributed by atoms with Crippen molar-refractivity contribution in [3.8, 4) is 0 Å². The van der Waals surface area contributed by atoms with Crippen molar-refractivity contribution in [2.45, 2.75) is 18.9 Å². The summed E-state index contributed by atoms with van der Waals surface area (Å²) in [5.41, 5.74) is 1.94. The Morgan fingerprint density at radius 1 is 1.11 bits per heavy atom. The number of fused-ring (bicyclic) bond motifs is 1. The van der Waals surface area contributed by atoms with Gasteiger partial charge in [-0.3, -0.25) is 14.4 Å². The lowest BCUT2D eigenvalue weighted by Crippen LogP contribution is -2.37. The second kappa shape index (κ2) is 6.57. The molecule has 4 rings (SSSR count). The van der Waals surface area contributed by atoms with Crippen molar-refractivity contribution >= 4 is 23.3 Å². The van der Waals surface area contributed by atoms with E-state index in [9.17, 15) is 23.2 Å². The fourth-order valence-electron chi connectivity index (χ4n) is 3.72. The number of aryl methyl sites for hydroxylation is 1. The molecule has 2 aromatic carbocycles. The number of hydrogen-bond donors (Lipinski definition) is 1. The molecular weight excluding hydrogens is 354 g/mol. The molecule has 5 nitrogen and oxygen atoms in total. The number of halogens is 2. The van der Waals surface area contributed by atoms with Gasteiger partial charge in [-0.15, -0.1) is 0 Å². The first-order valence-electron chi connectivity index (χ1n) is 8.64. The molecule has 0 saturated carbocycles. The minimum Gasteiger partial charge on any atom is -0.349 e. The molecule has 0 bridgehead atoms. The van der Waals surface area contributed by atoms with Crippen LogP contribution in [0.2, 0.25) is 0 Å². The van der Waals surface area contributed by atoms with E-state index in [0.29, 0.717) is 6.07 Å². The number of benzene rings is 2. The molecule has 27 heavy (non-hydrogen) atoms. The van der Waals surface area contributed by atoms with E-state index < -0.39 is 35.1 Å². The van der Waals surface area contributed by atoms with Crippen LogP contribution in [0.4, 0.5) is 14.5 Å². The molecule has 1 saturated heterocycles. The van der Waals surface area contributed by atoms with Crippen molar-refractivity contribution in [1.82, 2.24) is 5.32 Å². The van der Waals surface area contributed by atoms with E-state index in [1.165, 1.54) is 0 Å². The molecule has 0 spiro atoms. The fraction of sp³-hybridized carbons (Fsp3) is 0.250. The van der Waals surface area contributed by atoms with E-state index in [4.69, 9.17) is 0 Å². The Hall–Kier alpha value is -3.09. The Morgan fingerprint density at radius 2 is 1.89 bits per heavy atom. The van der Waals surface area contributed by atoms with Gasteiger partial charge in [0.25, 0.3) is 5.91 Å². The minimum atomic E-state index is -1.21. The number of nitrogens with one attached hydrogen (secondary N) is 1. The molecule has 1 unspecified atom stereocenters. The molecule has 1 aliphatic carbocycles. The average Bonchev–Trinajstić information content (AvgIpc) is 3.18. The highest BCUT2D eigenvalue weighted by molar-refractivity contribution is 6.47. The quantitative estimate of drug-likeness (QED) is 0.666. The molecule has 2 amide bonds. The SMILES string of the molecule is O=C(N[C@@H]1CCc2ccccc21)C1CN(c2ccc(F)cc2F)C(=O)C1=O. The van der Waals surface area contributed by atoms with Gasteiger partial charge in [0.2, 0.25) is 11.7 Å². The topological polar surface area (TPSA) is 66.5 Å². The summed E-state index contributed by atoms with van der Waals surface area (Å²) in [5, 5.41) is 2.83. The molecule has 138 valence electrons. The van der Waals surface area contributed by atoms with Gasteiger partial charge in [0.05, 0.1) is 11.7 Å². The Kier molecular flexibility index (Phi) is 4.22. The van der Waals surface area contributed by atoms with Crippen LogP contribution in [0.1, 0.15) is 23.6 Å². The van der Waals surface area contributed by atoms with Crippen LogP contribution in [0.5, 0.6) is 0 Å². The highest BCUT2D eigenvalue weighted by Gasteiger charge is 2.45. The average molecular weight is 370 g/mol. The van der Waals surface area contributed by atoms with Crippen molar-refractivity contribution in [3.05, 3.63) is 65.2 Å². The van der Waals surface area contributed by atoms with E-state index in [0.717, 1.165) is 41.0 Å². The van der Waals surface area contributed by atoms with Crippen LogP contribution in [0.25, 0.3) is 0 Å². The number of carbonyl (C=O) groups excluding carboxylic acids is 3. The van der Waals surface area contributed by atoms with E-state index in [1.54, 1.807) is 0 Å². The summed E-state index contributed by atoms with van der Waals surface area (Å²) in [6.45, 7) is -0.263. The zero-order valence-corrected chi connectivity index (χ0v) is 14.2. The van der Waals surface area contributed by atoms with Gasteiger partial charge in [0.1, 0.15) is 17.6 Å². The molecule has 1 aliphatic heterocycles. The Morgan fingerprint density at radius 3 is 2.67 bits per heavy atom. The molecule has 2 aliphatic rings. The number of nitrogens with zero attached hydrogens (tertiary/aromatic N) is 1. The molecule has 0 radical (unpaired) electrons. The summed E-state index contributed by atoms with van der Waals surface area (Å²) in [5.74, 6) is -5.37. The predicted molar refractivity (Wildman–Crippen MR) is 92.9 cm³/mol. The lowest BCUT2D eigenvalue weighted by Gasteiger charge is -2.18. The highest BCUT2D eigenvalue weighted by atomic mass is 19.1. The number of Topliss-reactive ketones (excluding diaryl/α,β-unsaturated/α-hetero) is 1. The van der Waals surface area contributed by atoms with Crippen molar-refractivity contribution in [3.63, 3.8) is 0 Å². The first-order chi connectivity index (χ1) is 13.0. The van der Waals surface area contributed by atoms with Crippen molar-refractivity contribution in [2.75, 3.05) is 11.4 Å². The highest BCUT2D eigenvalue weighted by Crippen LogP contribution is 2.32. The summed E-state index contributed by atoms with van der Waals surface area (Å²) in [6.07, 6.45) is 1.54. The number of carbonyl (C=O) groups is 3. The monoisotopic (exact) mass is 370 g/mol. The third-order valence-electron chi connectivity index (χ3n) is 5.10. The Labute approximate surface area is 154 Å². The van der Waals surface area contributed by atoms with Gasteiger partial charge in [0, 0.05) is 12.6 Å². The molecule has 1 N–H and O–H groups in total. The van der Waals surface area contributed by atoms with Crippen LogP contribution in [0, 0.1) is 17.6 Å². The maximum absolute atomic E-state index is 14.0. The maximum atomic E-state index is 14.0. The first-order valence-corrected chi connectivity index (χ1v) is 8.64. The predicted octanol–water partition coefficient (Wildman–Crippen LogP) is 2.30. The molecule has 1 heterocycles. The molecule has 2 atom stereocenters. The Bertz CT molecular complexity index is 960. The summed E-state index contributed by atoms with van der Waals surface area (Å²) in [6, 6.07) is 10.2. The van der Waals surface area contributed by atoms with Gasteiger partial charge in [-0.05, 0) is 36.1 Å². The number of rotatable bonds is 3. The van der Waals surface area contributed by atoms with Gasteiger partial charge in [0.15, 0.2) is 0 Å². The zero-order chi connectivity index (χ0) is 19.1. The van der Waals surface area contributed by atoms with Crippen LogP contribution in [-0.4, -0.2) is 24.1 Å². The fourth-order valence-corrected chi connectivity index (χ4v) is 3.72. The van der Waals surface area contributed by atoms with E-state index >= 15 is 0 Å². The van der Waals surface area contributed by atoms with E-state index in [-0.39, 0.29) is 18.3 Å². The molecular formula is C20H16F2N2O3.